The van der Waals surface area contributed by atoms with Crippen LogP contribution in [0.15, 0.2) is 66.7 Å². The van der Waals surface area contributed by atoms with Gasteiger partial charge in [-0.25, -0.2) is 0 Å². The summed E-state index contributed by atoms with van der Waals surface area (Å²) < 4.78 is 5.38. The molecule has 1 fully saturated rings. The highest BCUT2D eigenvalue weighted by Gasteiger charge is 2.47. The van der Waals surface area contributed by atoms with E-state index in [2.05, 4.69) is 5.32 Å². The zero-order chi connectivity index (χ0) is 28.6. The number of likely N-dealkylation sites (tertiary alicyclic amines) is 1. The van der Waals surface area contributed by atoms with Crippen LogP contribution in [-0.2, 0) is 32.1 Å². The molecular weight excluding hydrogens is 506 g/mol. The Labute approximate surface area is 236 Å². The van der Waals surface area contributed by atoms with Crippen LogP contribution in [0.1, 0.15) is 50.7 Å². The summed E-state index contributed by atoms with van der Waals surface area (Å²) in [5, 5.41) is 3.06. The first-order valence-corrected chi connectivity index (χ1v) is 14.1. The van der Waals surface area contributed by atoms with Crippen LogP contribution in [-0.4, -0.2) is 59.2 Å². The fourth-order valence-electron chi connectivity index (χ4n) is 5.40. The second-order valence-electron chi connectivity index (χ2n) is 10.6. The predicted octanol–water partition coefficient (Wildman–Crippen LogP) is 3.89. The van der Waals surface area contributed by atoms with Crippen molar-refractivity contribution in [2.45, 2.75) is 64.6 Å². The summed E-state index contributed by atoms with van der Waals surface area (Å²) in [5.74, 6) is -0.974. The highest BCUT2D eigenvalue weighted by molar-refractivity contribution is 6.05. The molecule has 1 heterocycles. The minimum atomic E-state index is -0.785. The van der Waals surface area contributed by atoms with Gasteiger partial charge in [0, 0.05) is 32.0 Å². The van der Waals surface area contributed by atoms with Gasteiger partial charge >= 0.3 is 0 Å². The zero-order valence-corrected chi connectivity index (χ0v) is 23.5. The zero-order valence-electron chi connectivity index (χ0n) is 23.5. The third-order valence-corrected chi connectivity index (χ3v) is 7.91. The van der Waals surface area contributed by atoms with Gasteiger partial charge in [0.15, 0.2) is 0 Å². The van der Waals surface area contributed by atoms with E-state index in [-0.39, 0.29) is 61.0 Å². The molecule has 0 unspecified atom stereocenters. The van der Waals surface area contributed by atoms with Gasteiger partial charge in [-0.15, -0.1) is 0 Å². The van der Waals surface area contributed by atoms with E-state index in [1.165, 1.54) is 4.90 Å². The van der Waals surface area contributed by atoms with Crippen LogP contribution in [0.3, 0.4) is 0 Å². The quantitative estimate of drug-likeness (QED) is 0.323. The van der Waals surface area contributed by atoms with Gasteiger partial charge in [0.1, 0.15) is 11.8 Å². The average Bonchev–Trinajstić information content (AvgIpc) is 3.22. The molecule has 4 atom stereocenters. The lowest BCUT2D eigenvalue weighted by molar-refractivity contribution is -0.144. The van der Waals surface area contributed by atoms with Crippen molar-refractivity contribution in [1.29, 1.82) is 0 Å². The maximum Gasteiger partial charge on any atom is 0.243 e. The first kappa shape index (κ1) is 29.1. The molecule has 4 amide bonds. The monoisotopic (exact) mass is 545 g/mol. The van der Waals surface area contributed by atoms with Gasteiger partial charge in [0.2, 0.25) is 23.6 Å². The summed E-state index contributed by atoms with van der Waals surface area (Å²) in [6.07, 6.45) is 6.02. The number of imide groups is 1. The number of carbonyl (C=O) groups is 4. The van der Waals surface area contributed by atoms with Gasteiger partial charge in [-0.05, 0) is 49.4 Å². The molecule has 0 aromatic heterocycles. The number of hydrogen-bond acceptors (Lipinski definition) is 5. The summed E-state index contributed by atoms with van der Waals surface area (Å²) in [6.45, 7) is 4.11. The first-order chi connectivity index (χ1) is 19.3. The fourth-order valence-corrected chi connectivity index (χ4v) is 5.40. The standard InChI is InChI=1S/C32H39N3O5/c1-4-22(2)33-30(37)28(20-23-11-6-5-7-12-23)35(21-24-13-10-14-25(19-24)40-3)29(36)17-18-34-31(38)26-15-8-9-16-27(26)32(34)39/h5-14,19,22,26-28H,4,15-18,20-21H2,1-3H3,(H,33,37)/t22-,26-,27+,28-/m0/s1. The van der Waals surface area contributed by atoms with Gasteiger partial charge in [-0.2, -0.15) is 0 Å². The number of amides is 4. The lowest BCUT2D eigenvalue weighted by Crippen LogP contribution is -2.52. The highest BCUT2D eigenvalue weighted by atomic mass is 16.5. The normalized spacial score (nSPS) is 19.6. The van der Waals surface area contributed by atoms with Crippen LogP contribution in [0.25, 0.3) is 0 Å². The van der Waals surface area contributed by atoms with Crippen molar-refractivity contribution < 1.29 is 23.9 Å². The lowest BCUT2D eigenvalue weighted by atomic mass is 9.85. The molecule has 1 N–H and O–H groups in total. The largest absolute Gasteiger partial charge is 0.497 e. The molecule has 0 spiro atoms. The SMILES string of the molecule is CC[C@H](C)NC(=O)[C@H](Cc1ccccc1)N(Cc1cccc(OC)c1)C(=O)CCN1C(=O)[C@H]2CC=CC[C@H]2C1=O. The Morgan fingerprint density at radius 2 is 1.65 bits per heavy atom. The second-order valence-corrected chi connectivity index (χ2v) is 10.6. The Morgan fingerprint density at radius 1 is 1.00 bits per heavy atom. The molecule has 4 rings (SSSR count). The van der Waals surface area contributed by atoms with E-state index in [4.69, 9.17) is 4.74 Å². The number of hydrogen-bond donors (Lipinski definition) is 1. The number of benzene rings is 2. The lowest BCUT2D eigenvalue weighted by Gasteiger charge is -2.33. The van der Waals surface area contributed by atoms with Crippen molar-refractivity contribution in [1.82, 2.24) is 15.1 Å². The second kappa shape index (κ2) is 13.4. The highest BCUT2D eigenvalue weighted by Crippen LogP contribution is 2.35. The number of ether oxygens (including phenoxy) is 1. The van der Waals surface area contributed by atoms with Crippen molar-refractivity contribution in [2.24, 2.45) is 11.8 Å². The Balaban J connectivity index is 1.60. The molecule has 2 aromatic carbocycles. The number of methoxy groups -OCH3 is 1. The maximum absolute atomic E-state index is 13.9. The van der Waals surface area contributed by atoms with E-state index >= 15 is 0 Å². The Bertz CT molecular complexity index is 1220. The smallest absolute Gasteiger partial charge is 0.243 e. The van der Waals surface area contributed by atoms with Crippen LogP contribution >= 0.6 is 0 Å². The molecular formula is C32H39N3O5. The summed E-state index contributed by atoms with van der Waals surface area (Å²) in [7, 11) is 1.58. The number of carbonyl (C=O) groups excluding carboxylic acids is 4. The van der Waals surface area contributed by atoms with Crippen molar-refractivity contribution >= 4 is 23.6 Å². The van der Waals surface area contributed by atoms with E-state index in [0.717, 1.165) is 17.5 Å². The molecule has 212 valence electrons. The molecule has 1 aliphatic carbocycles. The van der Waals surface area contributed by atoms with Crippen molar-refractivity contribution in [3.8, 4) is 5.75 Å². The molecule has 40 heavy (non-hydrogen) atoms. The van der Waals surface area contributed by atoms with Crippen LogP contribution in [0, 0.1) is 11.8 Å². The van der Waals surface area contributed by atoms with Crippen LogP contribution in [0.5, 0.6) is 5.75 Å². The molecule has 8 heteroatoms. The first-order valence-electron chi connectivity index (χ1n) is 14.1. The Morgan fingerprint density at radius 3 is 2.27 bits per heavy atom. The van der Waals surface area contributed by atoms with E-state index < -0.39 is 6.04 Å². The molecule has 1 saturated heterocycles. The van der Waals surface area contributed by atoms with Crippen LogP contribution in [0.2, 0.25) is 0 Å². The van der Waals surface area contributed by atoms with Crippen LogP contribution in [0.4, 0.5) is 0 Å². The molecule has 0 saturated carbocycles. The summed E-state index contributed by atoms with van der Waals surface area (Å²) in [5.41, 5.74) is 1.74. The summed E-state index contributed by atoms with van der Waals surface area (Å²) in [4.78, 5) is 56.4. The number of nitrogens with one attached hydrogen (secondary N) is 1. The van der Waals surface area contributed by atoms with E-state index in [1.807, 2.05) is 80.6 Å². The summed E-state index contributed by atoms with van der Waals surface area (Å²) in [6, 6.07) is 16.2. The Hall–Kier alpha value is -3.94. The minimum absolute atomic E-state index is 0.00312. The van der Waals surface area contributed by atoms with Gasteiger partial charge in [-0.1, -0.05) is 61.5 Å². The van der Waals surface area contributed by atoms with Gasteiger partial charge < -0.3 is 15.0 Å². The average molecular weight is 546 g/mol. The minimum Gasteiger partial charge on any atom is -0.497 e. The van der Waals surface area contributed by atoms with Gasteiger partial charge in [0.05, 0.1) is 18.9 Å². The molecule has 2 aromatic rings. The van der Waals surface area contributed by atoms with Crippen molar-refractivity contribution in [2.75, 3.05) is 13.7 Å². The number of rotatable bonds is 12. The number of nitrogens with zero attached hydrogens (tertiary/aromatic N) is 2. The third kappa shape index (κ3) is 6.79. The molecule has 1 aliphatic heterocycles. The third-order valence-electron chi connectivity index (χ3n) is 7.91. The molecule has 0 radical (unpaired) electrons. The Kier molecular flexibility index (Phi) is 9.74. The van der Waals surface area contributed by atoms with Gasteiger partial charge in [-0.3, -0.25) is 24.1 Å². The summed E-state index contributed by atoms with van der Waals surface area (Å²) >= 11 is 0. The molecule has 2 aliphatic rings. The number of fused-ring (bicyclic) bond motifs is 1. The van der Waals surface area contributed by atoms with Crippen molar-refractivity contribution in [3.63, 3.8) is 0 Å². The predicted molar refractivity (Wildman–Crippen MR) is 152 cm³/mol. The maximum atomic E-state index is 13.9. The van der Waals surface area contributed by atoms with E-state index in [0.29, 0.717) is 25.0 Å². The molecule has 8 nitrogen and oxygen atoms in total. The van der Waals surface area contributed by atoms with E-state index in [1.54, 1.807) is 12.0 Å². The van der Waals surface area contributed by atoms with Crippen LogP contribution < -0.4 is 10.1 Å². The molecule has 0 bridgehead atoms. The van der Waals surface area contributed by atoms with Gasteiger partial charge in [0.25, 0.3) is 0 Å². The number of allylic oxidation sites excluding steroid dienone is 2. The fraction of sp³-hybridized carbons (Fsp3) is 0.438. The van der Waals surface area contributed by atoms with Crippen molar-refractivity contribution in [3.05, 3.63) is 77.9 Å². The topological polar surface area (TPSA) is 96.0 Å². The van der Waals surface area contributed by atoms with E-state index in [9.17, 15) is 19.2 Å².